The molecule has 2 aromatic rings. The molecule has 1 heterocycles. The lowest BCUT2D eigenvalue weighted by Crippen LogP contribution is -2.41. The topological polar surface area (TPSA) is 66.5 Å². The van der Waals surface area contributed by atoms with Gasteiger partial charge in [0.2, 0.25) is 10.0 Å². The van der Waals surface area contributed by atoms with Crippen LogP contribution in [0.2, 0.25) is 5.02 Å². The summed E-state index contributed by atoms with van der Waals surface area (Å²) in [7, 11) is -3.50. The van der Waals surface area contributed by atoms with Crippen molar-refractivity contribution in [1.29, 1.82) is 0 Å². The maximum atomic E-state index is 13.2. The van der Waals surface area contributed by atoms with Gasteiger partial charge in [-0.15, -0.1) is 0 Å². The lowest BCUT2D eigenvalue weighted by Gasteiger charge is -2.21. The molecule has 2 aliphatic rings. The van der Waals surface area contributed by atoms with Crippen molar-refractivity contribution in [2.75, 3.05) is 18.8 Å². The Kier molecular flexibility index (Phi) is 6.26. The van der Waals surface area contributed by atoms with Crippen LogP contribution in [0.5, 0.6) is 0 Å². The molecule has 0 bridgehead atoms. The van der Waals surface area contributed by atoms with Crippen molar-refractivity contribution >= 4 is 27.5 Å². The number of halogens is 4. The van der Waals surface area contributed by atoms with E-state index in [-0.39, 0.29) is 36.2 Å². The van der Waals surface area contributed by atoms with Gasteiger partial charge in [0.15, 0.2) is 0 Å². The van der Waals surface area contributed by atoms with Gasteiger partial charge in [-0.3, -0.25) is 4.79 Å². The largest absolute Gasteiger partial charge is 0.417 e. The van der Waals surface area contributed by atoms with E-state index in [4.69, 9.17) is 11.6 Å². The zero-order valence-corrected chi connectivity index (χ0v) is 18.6. The zero-order chi connectivity index (χ0) is 23.1. The summed E-state index contributed by atoms with van der Waals surface area (Å²) in [6.07, 6.45) is -2.91. The minimum atomic E-state index is -4.69. The first kappa shape index (κ1) is 23.1. The smallest absolute Gasteiger partial charge is 0.347 e. The van der Waals surface area contributed by atoms with Crippen LogP contribution in [0, 0.1) is 5.92 Å². The summed E-state index contributed by atoms with van der Waals surface area (Å²) in [5.74, 6) is -0.853. The number of hydrogen-bond acceptors (Lipinski definition) is 3. The summed E-state index contributed by atoms with van der Waals surface area (Å²) in [5.41, 5.74) is -0.545. The lowest BCUT2D eigenvalue weighted by atomic mass is 9.94. The minimum absolute atomic E-state index is 0.0525. The molecule has 2 aromatic carbocycles. The summed E-state index contributed by atoms with van der Waals surface area (Å²) >= 11 is 5.91. The van der Waals surface area contributed by atoms with Crippen molar-refractivity contribution in [2.45, 2.75) is 31.0 Å². The van der Waals surface area contributed by atoms with Gasteiger partial charge in [-0.1, -0.05) is 48.0 Å². The van der Waals surface area contributed by atoms with Crippen molar-refractivity contribution in [3.8, 4) is 0 Å². The second-order valence-corrected chi connectivity index (χ2v) is 10.7. The Morgan fingerprint density at radius 1 is 1.06 bits per heavy atom. The quantitative estimate of drug-likeness (QED) is 0.662. The number of alkyl halides is 3. The van der Waals surface area contributed by atoms with E-state index in [1.807, 2.05) is 30.3 Å². The third-order valence-corrected chi connectivity index (χ3v) is 8.30. The molecular formula is C22H22ClF3N2O3S. The number of carbonyl (C=O) groups is 1. The van der Waals surface area contributed by atoms with Crippen molar-refractivity contribution in [3.63, 3.8) is 0 Å². The average Bonchev–Trinajstić information content (AvgIpc) is 3.42. The van der Waals surface area contributed by atoms with Gasteiger partial charge in [-0.05, 0) is 36.5 Å². The van der Waals surface area contributed by atoms with E-state index >= 15 is 0 Å². The van der Waals surface area contributed by atoms with Crippen LogP contribution in [0.25, 0.3) is 0 Å². The monoisotopic (exact) mass is 486 g/mol. The highest BCUT2D eigenvalue weighted by atomic mass is 35.5. The Morgan fingerprint density at radius 2 is 1.75 bits per heavy atom. The van der Waals surface area contributed by atoms with E-state index in [9.17, 15) is 26.4 Å². The summed E-state index contributed by atoms with van der Waals surface area (Å²) in [6, 6.07) is 11.7. The Labute approximate surface area is 189 Å². The summed E-state index contributed by atoms with van der Waals surface area (Å²) in [5, 5.41) is 2.06. The van der Waals surface area contributed by atoms with Gasteiger partial charge in [-0.2, -0.15) is 17.5 Å². The number of nitrogens with zero attached hydrogens (tertiary/aromatic N) is 1. The molecule has 1 saturated heterocycles. The molecule has 2 atom stereocenters. The maximum Gasteiger partial charge on any atom is 0.417 e. The van der Waals surface area contributed by atoms with Gasteiger partial charge in [-0.25, -0.2) is 8.42 Å². The van der Waals surface area contributed by atoms with Gasteiger partial charge < -0.3 is 5.32 Å². The molecule has 1 amide bonds. The van der Waals surface area contributed by atoms with Gasteiger partial charge in [0.1, 0.15) is 0 Å². The van der Waals surface area contributed by atoms with E-state index in [1.165, 1.54) is 10.4 Å². The Bertz CT molecular complexity index is 1110. The van der Waals surface area contributed by atoms with Crippen LogP contribution in [-0.4, -0.2) is 43.5 Å². The molecule has 10 heteroatoms. The van der Waals surface area contributed by atoms with Crippen LogP contribution in [-0.2, 0) is 16.2 Å². The molecule has 5 nitrogen and oxygen atoms in total. The molecule has 0 radical (unpaired) electrons. The van der Waals surface area contributed by atoms with E-state index in [0.717, 1.165) is 30.5 Å². The van der Waals surface area contributed by atoms with Crippen LogP contribution >= 0.6 is 11.6 Å². The third kappa shape index (κ3) is 4.94. The SMILES string of the molecule is O=C(N[C@@H]1CN(S(=O)(=O)CC2CC2)C[C@H]1c1ccccc1)c1cccc(C(F)(F)F)c1Cl. The Balaban J connectivity index is 1.59. The molecule has 172 valence electrons. The van der Waals surface area contributed by atoms with Crippen molar-refractivity contribution in [1.82, 2.24) is 9.62 Å². The molecule has 1 aliphatic carbocycles. The Morgan fingerprint density at radius 3 is 2.38 bits per heavy atom. The third-order valence-electron chi connectivity index (χ3n) is 5.92. The number of sulfonamides is 1. The molecular weight excluding hydrogens is 465 g/mol. The Hall–Kier alpha value is -2.10. The summed E-state index contributed by atoms with van der Waals surface area (Å²) in [4.78, 5) is 12.9. The molecule has 32 heavy (non-hydrogen) atoms. The molecule has 1 N–H and O–H groups in total. The minimum Gasteiger partial charge on any atom is -0.347 e. The fourth-order valence-corrected chi connectivity index (χ4v) is 6.27. The molecule has 1 saturated carbocycles. The molecule has 1 aliphatic heterocycles. The van der Waals surface area contributed by atoms with Gasteiger partial charge in [0.05, 0.1) is 27.9 Å². The van der Waals surface area contributed by atoms with Crippen LogP contribution in [0.1, 0.15) is 40.2 Å². The van der Waals surface area contributed by atoms with E-state index in [2.05, 4.69) is 5.32 Å². The van der Waals surface area contributed by atoms with Gasteiger partial charge >= 0.3 is 6.18 Å². The van der Waals surface area contributed by atoms with Crippen LogP contribution in [0.3, 0.4) is 0 Å². The normalized spacial score (nSPS) is 22.1. The van der Waals surface area contributed by atoms with E-state index < -0.39 is 38.7 Å². The van der Waals surface area contributed by atoms with Crippen LogP contribution < -0.4 is 5.32 Å². The number of hydrogen-bond donors (Lipinski definition) is 1. The van der Waals surface area contributed by atoms with E-state index in [0.29, 0.717) is 0 Å². The zero-order valence-electron chi connectivity index (χ0n) is 17.0. The fourth-order valence-electron chi connectivity index (χ4n) is 4.04. The highest BCUT2D eigenvalue weighted by molar-refractivity contribution is 7.89. The van der Waals surface area contributed by atoms with Crippen LogP contribution in [0.4, 0.5) is 13.2 Å². The molecule has 0 spiro atoms. The number of nitrogens with one attached hydrogen (secondary N) is 1. The van der Waals surface area contributed by atoms with Gasteiger partial charge in [0.25, 0.3) is 5.91 Å². The van der Waals surface area contributed by atoms with E-state index in [1.54, 1.807) is 0 Å². The summed E-state index contributed by atoms with van der Waals surface area (Å²) in [6.45, 7) is 0.247. The molecule has 2 fully saturated rings. The average molecular weight is 487 g/mol. The van der Waals surface area contributed by atoms with Crippen molar-refractivity contribution in [3.05, 3.63) is 70.2 Å². The standard InChI is InChI=1S/C22H22ClF3N2O3S/c23-20-16(7-4-8-18(20)22(24,25)26)21(29)27-19-12-28(32(30,31)13-14-9-10-14)11-17(19)15-5-2-1-3-6-15/h1-8,14,17,19H,9-13H2,(H,27,29)/t17-,19+/m0/s1. The maximum absolute atomic E-state index is 13.2. The fraction of sp³-hybridized carbons (Fsp3) is 0.409. The van der Waals surface area contributed by atoms with Crippen molar-refractivity contribution < 1.29 is 26.4 Å². The molecule has 0 aromatic heterocycles. The highest BCUT2D eigenvalue weighted by Gasteiger charge is 2.42. The number of carbonyl (C=O) groups excluding carboxylic acids is 1. The predicted octanol–water partition coefficient (Wildman–Crippen LogP) is 4.30. The lowest BCUT2D eigenvalue weighted by molar-refractivity contribution is -0.137. The molecule has 0 unspecified atom stereocenters. The molecule has 4 rings (SSSR count). The highest BCUT2D eigenvalue weighted by Crippen LogP contribution is 2.37. The number of benzene rings is 2. The number of rotatable bonds is 6. The van der Waals surface area contributed by atoms with Crippen molar-refractivity contribution in [2.24, 2.45) is 5.92 Å². The predicted molar refractivity (Wildman–Crippen MR) is 115 cm³/mol. The number of amides is 1. The summed E-state index contributed by atoms with van der Waals surface area (Å²) < 4.78 is 66.6. The van der Waals surface area contributed by atoms with Crippen LogP contribution in [0.15, 0.2) is 48.5 Å². The van der Waals surface area contributed by atoms with Gasteiger partial charge in [0, 0.05) is 19.0 Å². The second kappa shape index (κ2) is 8.68. The first-order chi connectivity index (χ1) is 15.1. The second-order valence-electron chi connectivity index (χ2n) is 8.30. The first-order valence-corrected chi connectivity index (χ1v) is 12.2. The first-order valence-electron chi connectivity index (χ1n) is 10.3.